The van der Waals surface area contributed by atoms with Crippen LogP contribution in [0.2, 0.25) is 0 Å². The lowest BCUT2D eigenvalue weighted by Gasteiger charge is -2.25. The van der Waals surface area contributed by atoms with Gasteiger partial charge in [0.1, 0.15) is 18.1 Å². The fraction of sp³-hybridized carbons (Fsp3) is 0.773. The summed E-state index contributed by atoms with van der Waals surface area (Å²) >= 11 is 1.54. The highest BCUT2D eigenvalue weighted by atomic mass is 32.2. The molecule has 0 spiro atoms. The predicted octanol–water partition coefficient (Wildman–Crippen LogP) is -1.27. The Balaban J connectivity index is 5.49. The number of carboxylic acid groups (broad SMARTS) is 2. The molecule has 4 atom stereocenters. The van der Waals surface area contributed by atoms with E-state index in [0.717, 1.165) is 0 Å². The molecule has 0 aliphatic rings. The summed E-state index contributed by atoms with van der Waals surface area (Å²) in [5.74, 6) is -3.77. The topological polar surface area (TPSA) is 240 Å². The first-order chi connectivity index (χ1) is 17.1. The molecule has 0 saturated heterocycles. The number of aliphatic carboxylic acids is 2. The van der Waals surface area contributed by atoms with Crippen LogP contribution in [0.15, 0.2) is 0 Å². The third-order valence-electron chi connectivity index (χ3n) is 5.39. The first-order valence-corrected chi connectivity index (χ1v) is 13.5. The van der Waals surface area contributed by atoms with Crippen molar-refractivity contribution in [1.29, 1.82) is 0 Å². The molecule has 0 aliphatic carbocycles. The zero-order valence-electron chi connectivity index (χ0n) is 20.9. The Morgan fingerprint density at radius 2 is 1.19 bits per heavy atom. The summed E-state index contributed by atoms with van der Waals surface area (Å²) in [7, 11) is 0. The Hall–Kier alpha value is -2.42. The van der Waals surface area contributed by atoms with Crippen molar-refractivity contribution in [3.05, 3.63) is 0 Å². The fourth-order valence-electron chi connectivity index (χ4n) is 3.25. The van der Waals surface area contributed by atoms with E-state index < -0.39 is 60.2 Å². The number of hydrogen-bond acceptors (Lipinski definition) is 9. The Labute approximate surface area is 216 Å². The van der Waals surface area contributed by atoms with Gasteiger partial charge in [0.05, 0.1) is 6.04 Å². The highest BCUT2D eigenvalue weighted by Crippen LogP contribution is 2.08. The monoisotopic (exact) mass is 534 g/mol. The molecule has 0 aliphatic heterocycles. The van der Waals surface area contributed by atoms with E-state index in [1.54, 1.807) is 11.8 Å². The number of nitrogens with one attached hydrogen (secondary N) is 3. The molecule has 0 bridgehead atoms. The predicted molar refractivity (Wildman–Crippen MR) is 137 cm³/mol. The van der Waals surface area contributed by atoms with E-state index in [0.29, 0.717) is 50.9 Å². The molecule has 0 saturated carbocycles. The van der Waals surface area contributed by atoms with Crippen LogP contribution < -0.4 is 33.2 Å². The van der Waals surface area contributed by atoms with Crippen LogP contribution in [0.25, 0.3) is 0 Å². The normalized spacial score (nSPS) is 14.2. The van der Waals surface area contributed by atoms with E-state index in [2.05, 4.69) is 16.0 Å². The summed E-state index contributed by atoms with van der Waals surface area (Å²) in [5.41, 5.74) is 17.0. The van der Waals surface area contributed by atoms with Crippen molar-refractivity contribution in [2.24, 2.45) is 17.2 Å². The zero-order valence-corrected chi connectivity index (χ0v) is 21.7. The number of carbonyl (C=O) groups is 5. The van der Waals surface area contributed by atoms with Crippen LogP contribution in [0.3, 0.4) is 0 Å². The molecule has 13 nitrogen and oxygen atoms in total. The minimum absolute atomic E-state index is 0.177. The molecule has 14 heteroatoms. The van der Waals surface area contributed by atoms with E-state index in [1.165, 1.54) is 0 Å². The Kier molecular flexibility index (Phi) is 18.4. The first-order valence-electron chi connectivity index (χ1n) is 12.1. The first kappa shape index (κ1) is 33.6. The van der Waals surface area contributed by atoms with Gasteiger partial charge in [0.25, 0.3) is 0 Å². The number of rotatable bonds is 21. The van der Waals surface area contributed by atoms with Crippen LogP contribution >= 0.6 is 11.8 Å². The number of nitrogens with two attached hydrogens (primary N) is 3. The van der Waals surface area contributed by atoms with E-state index >= 15 is 0 Å². The molecule has 3 amide bonds. The quantitative estimate of drug-likeness (QED) is 0.0807. The maximum absolute atomic E-state index is 13.1. The second kappa shape index (κ2) is 19.7. The van der Waals surface area contributed by atoms with Crippen LogP contribution in [0, 0.1) is 0 Å². The maximum Gasteiger partial charge on any atom is 0.326 e. The second-order valence-electron chi connectivity index (χ2n) is 8.41. The van der Waals surface area contributed by atoms with Crippen LogP contribution in [-0.2, 0) is 24.0 Å². The summed E-state index contributed by atoms with van der Waals surface area (Å²) in [6.07, 6.45) is 4.24. The molecule has 0 rings (SSSR count). The third kappa shape index (κ3) is 14.9. The Morgan fingerprint density at radius 1 is 0.722 bits per heavy atom. The van der Waals surface area contributed by atoms with Crippen LogP contribution in [0.5, 0.6) is 0 Å². The molecule has 208 valence electrons. The molecule has 11 N–H and O–H groups in total. The van der Waals surface area contributed by atoms with E-state index in [4.69, 9.17) is 22.3 Å². The minimum atomic E-state index is -1.43. The second-order valence-corrected chi connectivity index (χ2v) is 9.40. The van der Waals surface area contributed by atoms with E-state index in [9.17, 15) is 29.1 Å². The van der Waals surface area contributed by atoms with Crippen LogP contribution in [0.4, 0.5) is 0 Å². The molecule has 4 unspecified atom stereocenters. The van der Waals surface area contributed by atoms with Gasteiger partial charge < -0.3 is 43.4 Å². The summed E-state index contributed by atoms with van der Waals surface area (Å²) in [6.45, 7) is 0.775. The summed E-state index contributed by atoms with van der Waals surface area (Å²) in [4.78, 5) is 60.8. The molecule has 36 heavy (non-hydrogen) atoms. The maximum atomic E-state index is 13.1. The van der Waals surface area contributed by atoms with Gasteiger partial charge in [-0.1, -0.05) is 0 Å². The molecule has 0 aromatic rings. The molecular formula is C22H42N6O7S. The van der Waals surface area contributed by atoms with Crippen molar-refractivity contribution in [2.45, 2.75) is 82.0 Å². The number of thioether (sulfide) groups is 1. The smallest absolute Gasteiger partial charge is 0.326 e. The number of carbonyl (C=O) groups excluding carboxylic acids is 3. The van der Waals surface area contributed by atoms with E-state index in [-0.39, 0.29) is 19.3 Å². The third-order valence-corrected chi connectivity index (χ3v) is 6.03. The van der Waals surface area contributed by atoms with Crippen molar-refractivity contribution in [1.82, 2.24) is 16.0 Å². The Bertz CT molecular complexity index is 712. The summed E-state index contributed by atoms with van der Waals surface area (Å²) in [5, 5.41) is 25.7. The largest absolute Gasteiger partial charge is 0.481 e. The van der Waals surface area contributed by atoms with Crippen LogP contribution in [0.1, 0.15) is 57.8 Å². The van der Waals surface area contributed by atoms with Crippen molar-refractivity contribution in [3.8, 4) is 0 Å². The molecule has 0 fully saturated rings. The molecule has 0 aromatic heterocycles. The van der Waals surface area contributed by atoms with Gasteiger partial charge in [0.2, 0.25) is 17.7 Å². The SMILES string of the molecule is CSCCC(N)C(=O)NC(CCCCN)C(=O)NC(CCCCN)C(=O)NC(CCC(=O)O)C(=O)O. The number of unbranched alkanes of at least 4 members (excludes halogenated alkanes) is 2. The lowest BCUT2D eigenvalue weighted by atomic mass is 10.0. The van der Waals surface area contributed by atoms with Gasteiger partial charge >= 0.3 is 11.9 Å². The lowest BCUT2D eigenvalue weighted by molar-refractivity contribution is -0.143. The van der Waals surface area contributed by atoms with Crippen molar-refractivity contribution < 1.29 is 34.2 Å². The zero-order chi connectivity index (χ0) is 27.5. The Morgan fingerprint density at radius 3 is 1.61 bits per heavy atom. The number of amides is 3. The molecule has 0 aromatic carbocycles. The standard InChI is InChI=1S/C22H42N6O7S/c1-36-13-10-14(25)19(31)26-15(6-2-4-11-23)20(32)27-16(7-3-5-12-24)21(33)28-17(22(34)35)8-9-18(29)30/h14-17H,2-13,23-25H2,1H3,(H,26,31)(H,27,32)(H,28,33)(H,29,30)(H,34,35). The van der Waals surface area contributed by atoms with Crippen LogP contribution in [-0.4, -0.2) is 89.1 Å². The highest BCUT2D eigenvalue weighted by molar-refractivity contribution is 7.98. The average Bonchev–Trinajstić information content (AvgIpc) is 2.83. The van der Waals surface area contributed by atoms with E-state index in [1.807, 2.05) is 6.26 Å². The minimum Gasteiger partial charge on any atom is -0.481 e. The fourth-order valence-corrected chi connectivity index (χ4v) is 3.74. The van der Waals surface area contributed by atoms with Crippen molar-refractivity contribution in [2.75, 3.05) is 25.1 Å². The van der Waals surface area contributed by atoms with Gasteiger partial charge in [-0.2, -0.15) is 11.8 Å². The summed E-state index contributed by atoms with van der Waals surface area (Å²) < 4.78 is 0. The molecular weight excluding hydrogens is 492 g/mol. The highest BCUT2D eigenvalue weighted by Gasteiger charge is 2.30. The molecule has 0 radical (unpaired) electrons. The van der Waals surface area contributed by atoms with Gasteiger partial charge in [-0.25, -0.2) is 4.79 Å². The van der Waals surface area contributed by atoms with Gasteiger partial charge in [0.15, 0.2) is 0 Å². The number of hydrogen-bond donors (Lipinski definition) is 8. The van der Waals surface area contributed by atoms with Gasteiger partial charge in [-0.05, 0) is 76.5 Å². The molecule has 0 heterocycles. The lowest BCUT2D eigenvalue weighted by Crippen LogP contribution is -2.57. The van der Waals surface area contributed by atoms with Gasteiger partial charge in [0, 0.05) is 6.42 Å². The van der Waals surface area contributed by atoms with Gasteiger partial charge in [-0.15, -0.1) is 0 Å². The van der Waals surface area contributed by atoms with Gasteiger partial charge in [-0.3, -0.25) is 19.2 Å². The summed E-state index contributed by atoms with van der Waals surface area (Å²) in [6, 6.07) is -4.29. The van der Waals surface area contributed by atoms with Crippen molar-refractivity contribution >= 4 is 41.4 Å². The average molecular weight is 535 g/mol. The number of carboxylic acids is 2. The van der Waals surface area contributed by atoms with Crippen molar-refractivity contribution in [3.63, 3.8) is 0 Å².